The molecule has 150 valence electrons. The number of thiophene rings is 1. The van der Waals surface area contributed by atoms with Crippen molar-refractivity contribution < 1.29 is 14.6 Å². The van der Waals surface area contributed by atoms with Crippen molar-refractivity contribution in [1.29, 1.82) is 0 Å². The summed E-state index contributed by atoms with van der Waals surface area (Å²) in [5, 5.41) is 20.2. The van der Waals surface area contributed by atoms with Gasteiger partial charge in [0.15, 0.2) is 0 Å². The summed E-state index contributed by atoms with van der Waals surface area (Å²) in [5.74, 6) is 0.455. The van der Waals surface area contributed by atoms with E-state index in [0.717, 1.165) is 29.9 Å². The first kappa shape index (κ1) is 19.8. The Balaban J connectivity index is 1.87. The maximum atomic E-state index is 13.0. The number of hydrogen-bond acceptors (Lipinski definition) is 6. The molecule has 1 aliphatic rings. The van der Waals surface area contributed by atoms with Crippen molar-refractivity contribution >= 4 is 34.7 Å². The molecule has 29 heavy (non-hydrogen) atoms. The van der Waals surface area contributed by atoms with Gasteiger partial charge < -0.3 is 5.11 Å². The van der Waals surface area contributed by atoms with E-state index in [0.29, 0.717) is 22.1 Å². The van der Waals surface area contributed by atoms with E-state index in [1.807, 2.05) is 41.8 Å². The van der Waals surface area contributed by atoms with E-state index in [1.54, 1.807) is 27.8 Å². The number of nitrogens with zero attached hydrogens (tertiary/aromatic N) is 4. The van der Waals surface area contributed by atoms with Crippen LogP contribution in [0.4, 0.5) is 5.69 Å². The van der Waals surface area contributed by atoms with Crippen LogP contribution in [0.2, 0.25) is 0 Å². The second kappa shape index (κ2) is 8.51. The van der Waals surface area contributed by atoms with Crippen LogP contribution in [0, 0.1) is 0 Å². The van der Waals surface area contributed by atoms with Gasteiger partial charge in [-0.1, -0.05) is 54.4 Å². The molecule has 3 heterocycles. The molecule has 1 atom stereocenters. The van der Waals surface area contributed by atoms with Crippen LogP contribution >= 0.6 is 23.1 Å². The van der Waals surface area contributed by atoms with E-state index in [-0.39, 0.29) is 11.8 Å². The van der Waals surface area contributed by atoms with Gasteiger partial charge in [0.25, 0.3) is 10.9 Å². The monoisotopic (exact) mass is 426 g/mol. The third kappa shape index (κ3) is 3.74. The quantitative estimate of drug-likeness (QED) is 0.341. The molecule has 1 aliphatic heterocycles. The summed E-state index contributed by atoms with van der Waals surface area (Å²) in [6.07, 6.45) is 2.83. The highest BCUT2D eigenvalue weighted by Crippen LogP contribution is 2.41. The fourth-order valence-corrected chi connectivity index (χ4v) is 5.17. The predicted octanol–water partition coefficient (Wildman–Crippen LogP) is 3.76. The highest BCUT2D eigenvalue weighted by Gasteiger charge is 2.44. The van der Waals surface area contributed by atoms with Crippen molar-refractivity contribution in [2.45, 2.75) is 44.4 Å². The van der Waals surface area contributed by atoms with Crippen molar-refractivity contribution in [3.05, 3.63) is 46.7 Å². The Bertz CT molecular complexity index is 1020. The average molecular weight is 427 g/mol. The van der Waals surface area contributed by atoms with Crippen molar-refractivity contribution in [2.24, 2.45) is 0 Å². The van der Waals surface area contributed by atoms with Gasteiger partial charge >= 0.3 is 6.17 Å². The fourth-order valence-electron chi connectivity index (χ4n) is 3.55. The molecule has 0 saturated carbocycles. The van der Waals surface area contributed by atoms with Crippen LogP contribution in [0.25, 0.3) is 11.3 Å². The van der Waals surface area contributed by atoms with E-state index in [9.17, 15) is 9.90 Å². The molecule has 1 unspecified atom stereocenters. The molecule has 0 spiro atoms. The first-order valence-corrected chi connectivity index (χ1v) is 11.5. The predicted molar refractivity (Wildman–Crippen MR) is 113 cm³/mol. The van der Waals surface area contributed by atoms with Gasteiger partial charge in [0, 0.05) is 17.8 Å². The number of unbranched alkanes of at least 4 members (excludes halogenated alkanes) is 2. The van der Waals surface area contributed by atoms with E-state index in [1.165, 1.54) is 11.8 Å². The number of para-hydroxylation sites is 1. The van der Waals surface area contributed by atoms with Crippen LogP contribution in [-0.2, 0) is 4.79 Å². The highest BCUT2D eigenvalue weighted by atomic mass is 32.2. The number of carbonyl (C=O) groups excluding carboxylic acids is 1. The molecule has 0 fully saturated rings. The van der Waals surface area contributed by atoms with E-state index < -0.39 is 6.17 Å². The SMILES string of the molecule is CCCCCSc1nc([O-])c2[n+](n1)C(c1cccs1)N(C(C)=O)c1ccccc1-2. The zero-order chi connectivity index (χ0) is 20.4. The van der Waals surface area contributed by atoms with Crippen LogP contribution in [0.5, 0.6) is 5.88 Å². The lowest BCUT2D eigenvalue weighted by molar-refractivity contribution is -0.763. The minimum absolute atomic E-state index is 0.0998. The molecule has 0 N–H and O–H groups in total. The van der Waals surface area contributed by atoms with E-state index >= 15 is 0 Å². The van der Waals surface area contributed by atoms with Gasteiger partial charge in [0.05, 0.1) is 22.0 Å². The van der Waals surface area contributed by atoms with Crippen LogP contribution in [0.15, 0.2) is 46.9 Å². The molecule has 0 aliphatic carbocycles. The smallest absolute Gasteiger partial charge is 0.302 e. The Labute approximate surface area is 178 Å². The standard InChI is InChI=1S/C21H22N4O2S2/c1-3-4-7-12-29-21-22-19(27)18-15-9-5-6-10-16(15)24(14(2)26)20(25(18)23-21)17-11-8-13-28-17/h5-6,8-11,13,20H,3-4,7,12H2,1-2H3. The van der Waals surface area contributed by atoms with Gasteiger partial charge in [0.2, 0.25) is 5.91 Å². The topological polar surface area (TPSA) is 73.0 Å². The van der Waals surface area contributed by atoms with E-state index in [2.05, 4.69) is 11.9 Å². The maximum absolute atomic E-state index is 13.0. The van der Waals surface area contributed by atoms with Crippen molar-refractivity contribution in [3.63, 3.8) is 0 Å². The highest BCUT2D eigenvalue weighted by molar-refractivity contribution is 7.99. The van der Waals surface area contributed by atoms with E-state index in [4.69, 9.17) is 5.10 Å². The molecular weight excluding hydrogens is 404 g/mol. The Hall–Kier alpha value is -2.45. The number of aromatic nitrogens is 3. The minimum Gasteiger partial charge on any atom is -0.854 e. The summed E-state index contributed by atoms with van der Waals surface area (Å²) < 4.78 is 1.69. The Morgan fingerprint density at radius 1 is 1.28 bits per heavy atom. The Morgan fingerprint density at radius 2 is 2.10 bits per heavy atom. The first-order chi connectivity index (χ1) is 14.1. The number of benzene rings is 1. The molecule has 0 radical (unpaired) electrons. The number of anilines is 1. The second-order valence-electron chi connectivity index (χ2n) is 6.84. The number of amides is 1. The fraction of sp³-hybridized carbons (Fsp3) is 0.333. The molecule has 0 bridgehead atoms. The molecule has 1 amide bonds. The van der Waals surface area contributed by atoms with Gasteiger partial charge in [-0.15, -0.1) is 11.3 Å². The zero-order valence-corrected chi connectivity index (χ0v) is 18.0. The van der Waals surface area contributed by atoms with Crippen LogP contribution in [0.3, 0.4) is 0 Å². The molecule has 3 aromatic rings. The maximum Gasteiger partial charge on any atom is 0.302 e. The summed E-state index contributed by atoms with van der Waals surface area (Å²) in [7, 11) is 0. The van der Waals surface area contributed by atoms with Gasteiger partial charge in [-0.3, -0.25) is 4.79 Å². The number of carbonyl (C=O) groups is 1. The lowest BCUT2D eigenvalue weighted by Crippen LogP contribution is -2.58. The first-order valence-electron chi connectivity index (χ1n) is 9.68. The molecule has 8 heteroatoms. The van der Waals surface area contributed by atoms with Gasteiger partial charge in [-0.25, -0.2) is 9.88 Å². The van der Waals surface area contributed by atoms with Crippen molar-refractivity contribution in [3.8, 4) is 17.1 Å². The molecule has 1 aromatic carbocycles. The minimum atomic E-state index is -0.497. The Kier molecular flexibility index (Phi) is 5.82. The molecule has 2 aromatic heterocycles. The van der Waals surface area contributed by atoms with Gasteiger partial charge in [0.1, 0.15) is 0 Å². The zero-order valence-electron chi connectivity index (χ0n) is 16.4. The summed E-state index contributed by atoms with van der Waals surface area (Å²) in [4.78, 5) is 19.6. The Morgan fingerprint density at radius 3 is 2.83 bits per heavy atom. The van der Waals surface area contributed by atoms with Crippen LogP contribution in [0.1, 0.15) is 44.2 Å². The lowest BCUT2D eigenvalue weighted by atomic mass is 10.0. The third-order valence-electron chi connectivity index (χ3n) is 4.83. The van der Waals surface area contributed by atoms with Gasteiger partial charge in [-0.2, -0.15) is 0 Å². The van der Waals surface area contributed by atoms with Crippen LogP contribution in [-0.4, -0.2) is 21.7 Å². The second-order valence-corrected chi connectivity index (χ2v) is 8.88. The third-order valence-corrected chi connectivity index (χ3v) is 6.67. The average Bonchev–Trinajstić information content (AvgIpc) is 3.24. The molecule has 6 nitrogen and oxygen atoms in total. The summed E-state index contributed by atoms with van der Waals surface area (Å²) >= 11 is 3.04. The largest absolute Gasteiger partial charge is 0.854 e. The lowest BCUT2D eigenvalue weighted by Gasteiger charge is -2.32. The summed E-state index contributed by atoms with van der Waals surface area (Å²) in [5.41, 5.74) is 1.82. The molecule has 4 rings (SSSR count). The number of thioether (sulfide) groups is 1. The summed E-state index contributed by atoms with van der Waals surface area (Å²) in [6, 6.07) is 11.4. The summed E-state index contributed by atoms with van der Waals surface area (Å²) in [6.45, 7) is 3.70. The number of hydrogen-bond donors (Lipinski definition) is 0. The van der Waals surface area contributed by atoms with Crippen LogP contribution < -0.4 is 14.7 Å². The number of rotatable bonds is 6. The van der Waals surface area contributed by atoms with Crippen molar-refractivity contribution in [2.75, 3.05) is 10.7 Å². The number of fused-ring (bicyclic) bond motifs is 3. The molecular formula is C21H22N4O2S2. The molecule has 0 saturated heterocycles. The van der Waals surface area contributed by atoms with Crippen molar-refractivity contribution in [1.82, 2.24) is 10.1 Å². The normalized spacial score (nSPS) is 15.1. The van der Waals surface area contributed by atoms with Gasteiger partial charge in [-0.05, 0) is 30.0 Å².